The molecule has 28 heavy (non-hydrogen) atoms. The van der Waals surface area contributed by atoms with Gasteiger partial charge >= 0.3 is 0 Å². The fraction of sp³-hybridized carbons (Fsp3) is 0.250. The summed E-state index contributed by atoms with van der Waals surface area (Å²) in [5, 5.41) is 4.36. The molecule has 4 nitrogen and oxygen atoms in total. The summed E-state index contributed by atoms with van der Waals surface area (Å²) in [7, 11) is 0. The molecule has 0 saturated heterocycles. The Morgan fingerprint density at radius 1 is 0.893 bits per heavy atom. The fourth-order valence-corrected chi connectivity index (χ4v) is 4.42. The van der Waals surface area contributed by atoms with E-state index in [4.69, 9.17) is 4.52 Å². The number of aryl methyl sites for hydroxylation is 4. The highest BCUT2D eigenvalue weighted by Crippen LogP contribution is 2.38. The molecule has 140 valence electrons. The first-order chi connectivity index (χ1) is 13.5. The van der Waals surface area contributed by atoms with Gasteiger partial charge in [-0.2, -0.15) is 0 Å². The van der Waals surface area contributed by atoms with Crippen molar-refractivity contribution in [2.45, 2.75) is 40.7 Å². The van der Waals surface area contributed by atoms with Crippen LogP contribution in [-0.4, -0.2) is 14.7 Å². The zero-order valence-electron chi connectivity index (χ0n) is 16.7. The Hall–Kier alpha value is -3.14. The lowest BCUT2D eigenvalue weighted by molar-refractivity contribution is 0.431. The van der Waals surface area contributed by atoms with Crippen molar-refractivity contribution in [1.82, 2.24) is 14.7 Å². The minimum absolute atomic E-state index is 0.761. The summed E-state index contributed by atoms with van der Waals surface area (Å²) in [6.45, 7) is 9.28. The van der Waals surface area contributed by atoms with E-state index in [0.717, 1.165) is 41.4 Å². The van der Waals surface area contributed by atoms with Crippen molar-refractivity contribution in [3.05, 3.63) is 81.7 Å². The van der Waals surface area contributed by atoms with Gasteiger partial charge in [0.25, 0.3) is 0 Å². The average molecular weight is 369 g/mol. The predicted molar refractivity (Wildman–Crippen MR) is 110 cm³/mol. The second-order valence-corrected chi connectivity index (χ2v) is 8.05. The fourth-order valence-electron chi connectivity index (χ4n) is 4.42. The van der Waals surface area contributed by atoms with Crippen LogP contribution in [0.4, 0.5) is 0 Å². The molecule has 0 saturated carbocycles. The molecule has 4 aromatic rings. The molecule has 0 spiro atoms. The number of fused-ring (bicyclic) bond motifs is 3. The number of aromatic nitrogens is 3. The standard InChI is InChI=1S/C24H23N3O/c1-14-5-15(2)8-18(7-14)11-20-12-25-24-22-21(13-27(20)24)23(28-26-22)19-9-16(3)6-17(4)10-19/h5-10,12H,11,13H2,1-4H3. The van der Waals surface area contributed by atoms with E-state index < -0.39 is 0 Å². The van der Waals surface area contributed by atoms with E-state index in [1.54, 1.807) is 0 Å². The molecule has 2 aromatic heterocycles. The molecule has 3 heterocycles. The largest absolute Gasteiger partial charge is 0.355 e. The Kier molecular flexibility index (Phi) is 3.76. The van der Waals surface area contributed by atoms with Gasteiger partial charge in [-0.1, -0.05) is 51.7 Å². The van der Waals surface area contributed by atoms with Crippen LogP contribution in [-0.2, 0) is 13.0 Å². The lowest BCUT2D eigenvalue weighted by Gasteiger charge is -2.08. The number of benzene rings is 2. The van der Waals surface area contributed by atoms with Crippen molar-refractivity contribution in [3.63, 3.8) is 0 Å². The number of hydrogen-bond acceptors (Lipinski definition) is 3. The molecule has 5 rings (SSSR count). The average Bonchev–Trinajstić information content (AvgIpc) is 3.25. The summed E-state index contributed by atoms with van der Waals surface area (Å²) in [6, 6.07) is 13.2. The number of hydrogen-bond donors (Lipinski definition) is 0. The topological polar surface area (TPSA) is 43.9 Å². The molecular formula is C24H23N3O. The minimum atomic E-state index is 0.761. The first kappa shape index (κ1) is 17.0. The summed E-state index contributed by atoms with van der Waals surface area (Å²) < 4.78 is 8.02. The molecular weight excluding hydrogens is 346 g/mol. The second-order valence-electron chi connectivity index (χ2n) is 8.05. The maximum Gasteiger partial charge on any atom is 0.172 e. The van der Waals surface area contributed by atoms with Crippen molar-refractivity contribution < 1.29 is 4.52 Å². The minimum Gasteiger partial charge on any atom is -0.355 e. The molecule has 0 amide bonds. The summed E-state index contributed by atoms with van der Waals surface area (Å²) in [6.07, 6.45) is 2.84. The van der Waals surface area contributed by atoms with Gasteiger partial charge in [-0.25, -0.2) is 4.98 Å². The van der Waals surface area contributed by atoms with Crippen LogP contribution < -0.4 is 0 Å². The van der Waals surface area contributed by atoms with Crippen molar-refractivity contribution in [2.75, 3.05) is 0 Å². The lowest BCUT2D eigenvalue weighted by Crippen LogP contribution is -2.02. The van der Waals surface area contributed by atoms with Crippen molar-refractivity contribution >= 4 is 0 Å². The molecule has 4 heteroatoms. The van der Waals surface area contributed by atoms with Crippen LogP contribution in [0.3, 0.4) is 0 Å². The number of imidazole rings is 1. The van der Waals surface area contributed by atoms with Crippen molar-refractivity contribution in [1.29, 1.82) is 0 Å². The third-order valence-corrected chi connectivity index (χ3v) is 5.41. The summed E-state index contributed by atoms with van der Waals surface area (Å²) in [4.78, 5) is 4.66. The van der Waals surface area contributed by atoms with E-state index in [2.05, 4.69) is 78.8 Å². The molecule has 0 N–H and O–H groups in total. The lowest BCUT2D eigenvalue weighted by atomic mass is 10.0. The monoisotopic (exact) mass is 369 g/mol. The quantitative estimate of drug-likeness (QED) is 0.428. The van der Waals surface area contributed by atoms with Crippen LogP contribution >= 0.6 is 0 Å². The second kappa shape index (κ2) is 6.20. The normalized spacial score (nSPS) is 12.3. The zero-order chi connectivity index (χ0) is 19.4. The molecule has 0 fully saturated rings. The third kappa shape index (κ3) is 2.76. The van der Waals surface area contributed by atoms with E-state index in [9.17, 15) is 0 Å². The SMILES string of the molecule is Cc1cc(C)cc(Cc2cnc3n2Cc2c-3noc2-c2cc(C)cc(C)c2)c1. The maximum absolute atomic E-state index is 5.75. The molecule has 1 aliphatic rings. The van der Waals surface area contributed by atoms with Gasteiger partial charge in [0.2, 0.25) is 0 Å². The Bertz CT molecular complexity index is 1170. The van der Waals surface area contributed by atoms with Crippen molar-refractivity contribution in [3.8, 4) is 22.8 Å². The Morgan fingerprint density at radius 2 is 1.54 bits per heavy atom. The number of nitrogens with zero attached hydrogens (tertiary/aromatic N) is 3. The van der Waals surface area contributed by atoms with Gasteiger partial charge in [-0.05, 0) is 45.4 Å². The molecule has 1 aliphatic heterocycles. The van der Waals surface area contributed by atoms with Crippen LogP contribution in [0, 0.1) is 27.7 Å². The summed E-state index contributed by atoms with van der Waals surface area (Å²) in [5.74, 6) is 1.78. The van der Waals surface area contributed by atoms with Crippen LogP contribution in [0.15, 0.2) is 47.1 Å². The highest BCUT2D eigenvalue weighted by atomic mass is 16.5. The Labute approximate surface area is 164 Å². The molecule has 0 unspecified atom stereocenters. The van der Waals surface area contributed by atoms with Gasteiger partial charge in [0.1, 0.15) is 0 Å². The smallest absolute Gasteiger partial charge is 0.172 e. The van der Waals surface area contributed by atoms with E-state index in [0.29, 0.717) is 0 Å². The van der Waals surface area contributed by atoms with Gasteiger partial charge in [0.15, 0.2) is 17.3 Å². The molecule has 0 aliphatic carbocycles. The first-order valence-corrected chi connectivity index (χ1v) is 9.67. The summed E-state index contributed by atoms with van der Waals surface area (Å²) in [5.41, 5.74) is 10.7. The predicted octanol–water partition coefficient (Wildman–Crippen LogP) is 5.39. The van der Waals surface area contributed by atoms with E-state index in [1.165, 1.54) is 33.5 Å². The van der Waals surface area contributed by atoms with E-state index in [-0.39, 0.29) is 0 Å². The molecule has 0 bridgehead atoms. The van der Waals surface area contributed by atoms with Gasteiger partial charge < -0.3 is 9.09 Å². The highest BCUT2D eigenvalue weighted by Gasteiger charge is 2.30. The van der Waals surface area contributed by atoms with Gasteiger partial charge in [-0.3, -0.25) is 0 Å². The molecule has 0 atom stereocenters. The maximum atomic E-state index is 5.75. The molecule has 0 radical (unpaired) electrons. The number of rotatable bonds is 3. The Morgan fingerprint density at radius 3 is 2.21 bits per heavy atom. The highest BCUT2D eigenvalue weighted by molar-refractivity contribution is 5.73. The third-order valence-electron chi connectivity index (χ3n) is 5.41. The van der Waals surface area contributed by atoms with E-state index >= 15 is 0 Å². The van der Waals surface area contributed by atoms with Gasteiger partial charge in [-0.15, -0.1) is 0 Å². The zero-order valence-corrected chi connectivity index (χ0v) is 16.7. The van der Waals surface area contributed by atoms with Crippen molar-refractivity contribution in [2.24, 2.45) is 0 Å². The first-order valence-electron chi connectivity index (χ1n) is 9.67. The van der Waals surface area contributed by atoms with Crippen LogP contribution in [0.5, 0.6) is 0 Å². The molecule has 2 aromatic carbocycles. The van der Waals surface area contributed by atoms with Crippen LogP contribution in [0.2, 0.25) is 0 Å². The summed E-state index contributed by atoms with van der Waals surface area (Å²) >= 11 is 0. The van der Waals surface area contributed by atoms with Crippen LogP contribution in [0.1, 0.15) is 39.1 Å². The van der Waals surface area contributed by atoms with Gasteiger partial charge in [0.05, 0.1) is 12.1 Å². The Balaban J connectivity index is 1.51. The van der Waals surface area contributed by atoms with Gasteiger partial charge in [0, 0.05) is 23.9 Å². The van der Waals surface area contributed by atoms with Crippen LogP contribution in [0.25, 0.3) is 22.8 Å². The van der Waals surface area contributed by atoms with E-state index in [1.807, 2.05) is 6.20 Å².